The zero-order chi connectivity index (χ0) is 30.7. The van der Waals surface area contributed by atoms with Crippen LogP contribution in [-0.2, 0) is 28.6 Å². The van der Waals surface area contributed by atoms with Gasteiger partial charge in [-0.15, -0.1) is 0 Å². The molecule has 0 aliphatic heterocycles. The molecule has 0 unspecified atom stereocenters. The molecule has 42 heavy (non-hydrogen) atoms. The maximum Gasteiger partial charge on any atom is 0.308 e. The van der Waals surface area contributed by atoms with Crippen molar-refractivity contribution in [2.24, 2.45) is 17.8 Å². The molecule has 0 bridgehead atoms. The summed E-state index contributed by atoms with van der Waals surface area (Å²) in [6.45, 7) is 7.86. The molecular weight excluding hydrogens is 528 g/mol. The summed E-state index contributed by atoms with van der Waals surface area (Å²) in [7, 11) is 0. The number of rotatable bonds is 27. The third-order valence-electron chi connectivity index (χ3n) is 8.68. The molecule has 6 heteroatoms. The predicted molar refractivity (Wildman–Crippen MR) is 171 cm³/mol. The highest BCUT2D eigenvalue weighted by atomic mass is 16.5. The van der Waals surface area contributed by atoms with Crippen LogP contribution in [-0.4, -0.2) is 37.7 Å². The van der Waals surface area contributed by atoms with Gasteiger partial charge in [-0.2, -0.15) is 0 Å². The Labute approximate surface area is 258 Å². The normalized spacial score (nSPS) is 18.5. The topological polar surface area (TPSA) is 78.9 Å². The highest BCUT2D eigenvalue weighted by Crippen LogP contribution is 2.36. The molecule has 1 rings (SSSR count). The molecular formula is C36H66O6. The van der Waals surface area contributed by atoms with Gasteiger partial charge in [-0.05, 0) is 38.5 Å². The van der Waals surface area contributed by atoms with Crippen LogP contribution in [0.15, 0.2) is 0 Å². The Morgan fingerprint density at radius 3 is 0.833 bits per heavy atom. The van der Waals surface area contributed by atoms with Crippen LogP contribution in [0.1, 0.15) is 175 Å². The van der Waals surface area contributed by atoms with Crippen molar-refractivity contribution >= 4 is 17.9 Å². The number of ether oxygens (including phenoxy) is 3. The minimum Gasteiger partial charge on any atom is -0.465 e. The van der Waals surface area contributed by atoms with Gasteiger partial charge in [0.25, 0.3) is 0 Å². The average molecular weight is 595 g/mol. The van der Waals surface area contributed by atoms with Crippen molar-refractivity contribution in [1.82, 2.24) is 0 Å². The lowest BCUT2D eigenvalue weighted by Gasteiger charge is -2.31. The lowest BCUT2D eigenvalue weighted by atomic mass is 9.75. The molecule has 0 radical (unpaired) electrons. The van der Waals surface area contributed by atoms with Gasteiger partial charge >= 0.3 is 17.9 Å². The maximum absolute atomic E-state index is 13.0. The standard InChI is InChI=1S/C36H66O6/c1-4-7-10-13-16-19-22-25-40-34(37)31-28-32(35(38)41-26-23-20-17-14-11-8-5-2)30-33(29-31)36(39)42-27-24-21-18-15-12-9-6-3/h31-33H,4-30H2,1-3H3. The predicted octanol–water partition coefficient (Wildman–Crippen LogP) is 9.90. The summed E-state index contributed by atoms with van der Waals surface area (Å²) in [4.78, 5) is 39.0. The Hall–Kier alpha value is -1.59. The van der Waals surface area contributed by atoms with Gasteiger partial charge in [0.2, 0.25) is 0 Å². The van der Waals surface area contributed by atoms with Crippen LogP contribution in [0.3, 0.4) is 0 Å². The van der Waals surface area contributed by atoms with Gasteiger partial charge in [0.15, 0.2) is 0 Å². The Balaban J connectivity index is 2.52. The molecule has 1 aliphatic rings. The molecule has 0 spiro atoms. The van der Waals surface area contributed by atoms with Gasteiger partial charge in [0, 0.05) is 0 Å². The quantitative estimate of drug-likeness (QED) is 0.0535. The lowest BCUT2D eigenvalue weighted by Crippen LogP contribution is -2.37. The van der Waals surface area contributed by atoms with Crippen molar-refractivity contribution in [2.45, 2.75) is 175 Å². The van der Waals surface area contributed by atoms with E-state index in [4.69, 9.17) is 14.2 Å². The first-order valence-electron chi connectivity index (χ1n) is 18.0. The second-order valence-corrected chi connectivity index (χ2v) is 12.7. The molecule has 1 aliphatic carbocycles. The van der Waals surface area contributed by atoms with Crippen LogP contribution in [0.4, 0.5) is 0 Å². The smallest absolute Gasteiger partial charge is 0.308 e. The van der Waals surface area contributed by atoms with E-state index < -0.39 is 17.8 Å². The molecule has 0 aromatic rings. The van der Waals surface area contributed by atoms with Crippen molar-refractivity contribution < 1.29 is 28.6 Å². The maximum atomic E-state index is 13.0. The highest BCUT2D eigenvalue weighted by molar-refractivity contribution is 5.80. The Morgan fingerprint density at radius 1 is 0.381 bits per heavy atom. The van der Waals surface area contributed by atoms with Crippen molar-refractivity contribution in [3.63, 3.8) is 0 Å². The van der Waals surface area contributed by atoms with Gasteiger partial charge in [-0.3, -0.25) is 14.4 Å². The van der Waals surface area contributed by atoms with E-state index in [0.717, 1.165) is 38.5 Å². The minimum atomic E-state index is -0.462. The zero-order valence-corrected chi connectivity index (χ0v) is 27.8. The Morgan fingerprint density at radius 2 is 0.595 bits per heavy atom. The number of hydrogen-bond donors (Lipinski definition) is 0. The summed E-state index contributed by atoms with van der Waals surface area (Å²) in [6, 6.07) is 0. The van der Waals surface area contributed by atoms with E-state index >= 15 is 0 Å². The van der Waals surface area contributed by atoms with E-state index in [1.807, 2.05) is 0 Å². The number of unbranched alkanes of at least 4 members (excludes halogenated alkanes) is 18. The third kappa shape index (κ3) is 19.6. The number of esters is 3. The molecule has 0 N–H and O–H groups in total. The molecule has 0 amide bonds. The molecule has 0 atom stereocenters. The van der Waals surface area contributed by atoms with Gasteiger partial charge in [0.1, 0.15) is 0 Å². The summed E-state index contributed by atoms with van der Waals surface area (Å²) in [5.41, 5.74) is 0. The second-order valence-electron chi connectivity index (χ2n) is 12.7. The molecule has 1 saturated carbocycles. The van der Waals surface area contributed by atoms with Crippen molar-refractivity contribution in [2.75, 3.05) is 19.8 Å². The van der Waals surface area contributed by atoms with E-state index in [0.29, 0.717) is 39.1 Å². The fraction of sp³-hybridized carbons (Fsp3) is 0.917. The first-order valence-corrected chi connectivity index (χ1v) is 18.0. The summed E-state index contributed by atoms with van der Waals surface area (Å²) in [6.07, 6.45) is 25.5. The molecule has 0 aromatic carbocycles. The summed E-state index contributed by atoms with van der Waals surface area (Å²) < 4.78 is 16.9. The van der Waals surface area contributed by atoms with Crippen molar-refractivity contribution in [3.8, 4) is 0 Å². The summed E-state index contributed by atoms with van der Waals surface area (Å²) >= 11 is 0. The van der Waals surface area contributed by atoms with E-state index in [1.165, 1.54) is 96.3 Å². The highest BCUT2D eigenvalue weighted by Gasteiger charge is 2.41. The summed E-state index contributed by atoms with van der Waals surface area (Å²) in [5.74, 6) is -2.23. The van der Waals surface area contributed by atoms with Crippen LogP contribution in [0.5, 0.6) is 0 Å². The second kappa shape index (κ2) is 27.0. The lowest BCUT2D eigenvalue weighted by molar-refractivity contribution is -0.161. The van der Waals surface area contributed by atoms with E-state index in [1.54, 1.807) is 0 Å². The summed E-state index contributed by atoms with van der Waals surface area (Å²) in [5, 5.41) is 0. The van der Waals surface area contributed by atoms with Gasteiger partial charge in [-0.25, -0.2) is 0 Å². The van der Waals surface area contributed by atoms with E-state index in [2.05, 4.69) is 20.8 Å². The van der Waals surface area contributed by atoms with Gasteiger partial charge in [-0.1, -0.05) is 136 Å². The van der Waals surface area contributed by atoms with Crippen LogP contribution >= 0.6 is 0 Å². The minimum absolute atomic E-state index is 0.282. The van der Waals surface area contributed by atoms with Crippen LogP contribution in [0.25, 0.3) is 0 Å². The van der Waals surface area contributed by atoms with E-state index in [-0.39, 0.29) is 17.9 Å². The Bertz CT molecular complexity index is 581. The monoisotopic (exact) mass is 594 g/mol. The average Bonchev–Trinajstić information content (AvgIpc) is 3.00. The number of carbonyl (C=O) groups is 3. The van der Waals surface area contributed by atoms with Crippen molar-refractivity contribution in [3.05, 3.63) is 0 Å². The molecule has 246 valence electrons. The Kier molecular flexibility index (Phi) is 24.7. The molecule has 1 fully saturated rings. The fourth-order valence-electron chi connectivity index (χ4n) is 5.95. The van der Waals surface area contributed by atoms with Crippen LogP contribution in [0.2, 0.25) is 0 Å². The number of hydrogen-bond acceptors (Lipinski definition) is 6. The SMILES string of the molecule is CCCCCCCCCOC(=O)C1CC(C(=O)OCCCCCCCCC)CC(C(=O)OCCCCCCCCC)C1. The van der Waals surface area contributed by atoms with Gasteiger partial charge < -0.3 is 14.2 Å². The molecule has 0 saturated heterocycles. The number of carbonyl (C=O) groups excluding carboxylic acids is 3. The fourth-order valence-corrected chi connectivity index (χ4v) is 5.95. The zero-order valence-electron chi connectivity index (χ0n) is 27.8. The van der Waals surface area contributed by atoms with E-state index in [9.17, 15) is 14.4 Å². The molecule has 0 heterocycles. The molecule has 6 nitrogen and oxygen atoms in total. The largest absolute Gasteiger partial charge is 0.465 e. The van der Waals surface area contributed by atoms with Crippen LogP contribution in [0, 0.1) is 17.8 Å². The first-order chi connectivity index (χ1) is 20.5. The molecule has 0 aromatic heterocycles. The van der Waals surface area contributed by atoms with Gasteiger partial charge in [0.05, 0.1) is 37.6 Å². The first kappa shape index (κ1) is 38.4. The van der Waals surface area contributed by atoms with Crippen LogP contribution < -0.4 is 0 Å². The third-order valence-corrected chi connectivity index (χ3v) is 8.68. The van der Waals surface area contributed by atoms with Crippen molar-refractivity contribution in [1.29, 1.82) is 0 Å².